The van der Waals surface area contributed by atoms with Gasteiger partial charge in [0.05, 0.1) is 22.8 Å². The molecule has 0 aliphatic heterocycles. The van der Waals surface area contributed by atoms with Crippen LogP contribution in [0.4, 0.5) is 11.4 Å². The second-order valence-corrected chi connectivity index (χ2v) is 13.4. The molecule has 0 unspecified atom stereocenters. The molecule has 0 aliphatic carbocycles. The second kappa shape index (κ2) is 18.3. The van der Waals surface area contributed by atoms with E-state index >= 15 is 0 Å². The predicted molar refractivity (Wildman–Crippen MR) is 237 cm³/mol. The first-order valence-corrected chi connectivity index (χ1v) is 18.4. The third-order valence-corrected chi connectivity index (χ3v) is 9.86. The Morgan fingerprint density at radius 1 is 0.286 bits per heavy atom. The molecule has 0 aromatic heterocycles. The van der Waals surface area contributed by atoms with Crippen LogP contribution in [0.15, 0.2) is 216 Å². The van der Waals surface area contributed by atoms with Gasteiger partial charge < -0.3 is 7.43 Å². The molecule has 0 aliphatic rings. The molecule has 0 spiro atoms. The van der Waals surface area contributed by atoms with Crippen molar-refractivity contribution in [2.45, 2.75) is 13.8 Å². The van der Waals surface area contributed by atoms with Gasteiger partial charge in [-0.1, -0.05) is 182 Å². The molecular formula is C53H43N2Ni-. The second-order valence-electron chi connectivity index (χ2n) is 13.4. The van der Waals surface area contributed by atoms with E-state index in [0.29, 0.717) is 0 Å². The fourth-order valence-electron chi connectivity index (χ4n) is 6.95. The van der Waals surface area contributed by atoms with Crippen LogP contribution < -0.4 is 0 Å². The van der Waals surface area contributed by atoms with Crippen molar-refractivity contribution in [3.05, 3.63) is 214 Å². The maximum atomic E-state index is 5.50. The topological polar surface area (TPSA) is 24.7 Å². The fourth-order valence-corrected chi connectivity index (χ4v) is 6.95. The summed E-state index contributed by atoms with van der Waals surface area (Å²) in [6, 6.07) is 72.6. The Labute approximate surface area is 341 Å². The Bertz CT molecular complexity index is 2260. The number of aliphatic imine (C=N–C) groups is 2. The minimum atomic E-state index is 0. The van der Waals surface area contributed by atoms with Gasteiger partial charge in [-0.25, -0.2) is 0 Å². The molecule has 2 nitrogen and oxygen atoms in total. The van der Waals surface area contributed by atoms with Gasteiger partial charge >= 0.3 is 0 Å². The zero-order valence-corrected chi connectivity index (χ0v) is 32.8. The standard InChI is InChI=1S/C52H40N2.CH3.Ni/c1-37(53-51-47(41-25-13-5-14-26-41)33-45(39-21-9-3-10-22-39)34-48(51)42-27-15-6-16-28-42)38(2)54-52-49(43-29-17-7-18-30-43)35-46(40-23-11-4-12-24-40)36-50(52)44-31-19-8-20-32-44;;/h3-36H,1-2H3;1H3;/q;-1;. The quantitative estimate of drug-likeness (QED) is 0.0794. The Balaban J connectivity index is 0.00000266. The number of nitrogens with zero attached hydrogens (tertiary/aromatic N) is 2. The maximum Gasteiger partial charge on any atom is 0.0790 e. The maximum absolute atomic E-state index is 5.50. The van der Waals surface area contributed by atoms with Gasteiger partial charge in [-0.2, -0.15) is 0 Å². The fraction of sp³-hybridized carbons (Fsp3) is 0.0377. The first kappa shape index (κ1) is 39.3. The van der Waals surface area contributed by atoms with Crippen molar-refractivity contribution >= 4 is 22.8 Å². The molecule has 0 atom stereocenters. The molecule has 0 radical (unpaired) electrons. The van der Waals surface area contributed by atoms with E-state index in [1.807, 2.05) is 0 Å². The van der Waals surface area contributed by atoms with Crippen LogP contribution in [0.2, 0.25) is 0 Å². The summed E-state index contributed by atoms with van der Waals surface area (Å²) in [5, 5.41) is 0. The van der Waals surface area contributed by atoms with Gasteiger partial charge in [-0.15, -0.1) is 0 Å². The Hall–Kier alpha value is -6.41. The van der Waals surface area contributed by atoms with Crippen LogP contribution >= 0.6 is 0 Å². The zero-order chi connectivity index (χ0) is 36.7. The minimum Gasteiger partial charge on any atom is -0.358 e. The van der Waals surface area contributed by atoms with E-state index in [1.54, 1.807) is 0 Å². The molecule has 0 amide bonds. The minimum absolute atomic E-state index is 0. The monoisotopic (exact) mass is 765 g/mol. The van der Waals surface area contributed by atoms with E-state index in [0.717, 1.165) is 89.6 Å². The number of hydrogen-bond acceptors (Lipinski definition) is 2. The number of benzene rings is 8. The molecule has 276 valence electrons. The molecule has 8 rings (SSSR count). The third kappa shape index (κ3) is 8.60. The van der Waals surface area contributed by atoms with Gasteiger partial charge in [-0.3, -0.25) is 9.98 Å². The van der Waals surface area contributed by atoms with Gasteiger partial charge in [0.25, 0.3) is 0 Å². The van der Waals surface area contributed by atoms with Crippen molar-refractivity contribution in [1.82, 2.24) is 0 Å². The largest absolute Gasteiger partial charge is 0.358 e. The van der Waals surface area contributed by atoms with Crippen LogP contribution in [0.3, 0.4) is 0 Å². The summed E-state index contributed by atoms with van der Waals surface area (Å²) in [7, 11) is 0. The average Bonchev–Trinajstić information content (AvgIpc) is 3.25. The molecule has 0 saturated carbocycles. The average molecular weight is 767 g/mol. The number of hydrogen-bond donors (Lipinski definition) is 0. The van der Waals surface area contributed by atoms with Gasteiger partial charge in [0.1, 0.15) is 0 Å². The van der Waals surface area contributed by atoms with Gasteiger partial charge in [-0.05, 0) is 82.6 Å². The first-order chi connectivity index (χ1) is 26.6. The molecule has 0 heterocycles. The Kier molecular flexibility index (Phi) is 12.8. The summed E-state index contributed by atoms with van der Waals surface area (Å²) in [6.45, 7) is 4.16. The van der Waals surface area contributed by atoms with Crippen molar-refractivity contribution < 1.29 is 16.5 Å². The molecule has 0 saturated heterocycles. The molecule has 0 N–H and O–H groups in total. The number of rotatable bonds is 9. The zero-order valence-electron chi connectivity index (χ0n) is 31.8. The van der Waals surface area contributed by atoms with Crippen LogP contribution in [0.5, 0.6) is 0 Å². The molecule has 3 heteroatoms. The molecule has 8 aromatic rings. The van der Waals surface area contributed by atoms with Crippen LogP contribution in [-0.2, 0) is 16.5 Å². The van der Waals surface area contributed by atoms with Gasteiger partial charge in [0.2, 0.25) is 0 Å². The third-order valence-electron chi connectivity index (χ3n) is 9.86. The SMILES string of the molecule is CC(=Nc1c(-c2ccccc2)cc(-c2ccccc2)cc1-c1ccccc1)C(C)=Nc1c(-c2ccccc2)cc(-c2ccccc2)cc1-c1ccccc1.[CH3-].[Ni]. The Morgan fingerprint density at radius 2 is 0.482 bits per heavy atom. The molecule has 0 fully saturated rings. The van der Waals surface area contributed by atoms with E-state index in [2.05, 4.69) is 220 Å². The van der Waals surface area contributed by atoms with Crippen molar-refractivity contribution in [3.63, 3.8) is 0 Å². The van der Waals surface area contributed by atoms with E-state index < -0.39 is 0 Å². The normalized spacial score (nSPS) is 11.3. The molecule has 8 aromatic carbocycles. The van der Waals surface area contributed by atoms with E-state index in [9.17, 15) is 0 Å². The van der Waals surface area contributed by atoms with E-state index in [-0.39, 0.29) is 23.9 Å². The molecule has 0 bridgehead atoms. The van der Waals surface area contributed by atoms with Crippen LogP contribution in [0.1, 0.15) is 13.8 Å². The molecule has 56 heavy (non-hydrogen) atoms. The van der Waals surface area contributed by atoms with Gasteiger partial charge in [0, 0.05) is 38.7 Å². The smallest absolute Gasteiger partial charge is 0.0790 e. The predicted octanol–water partition coefficient (Wildman–Crippen LogP) is 15.0. The van der Waals surface area contributed by atoms with Crippen molar-refractivity contribution in [2.24, 2.45) is 9.98 Å². The van der Waals surface area contributed by atoms with Crippen molar-refractivity contribution in [2.75, 3.05) is 0 Å². The molecular weight excluding hydrogens is 723 g/mol. The summed E-state index contributed by atoms with van der Waals surface area (Å²) < 4.78 is 0. The van der Waals surface area contributed by atoms with Crippen LogP contribution in [0.25, 0.3) is 66.8 Å². The summed E-state index contributed by atoms with van der Waals surface area (Å²) in [5.41, 5.74) is 16.9. The van der Waals surface area contributed by atoms with Crippen LogP contribution in [0, 0.1) is 7.43 Å². The first-order valence-electron chi connectivity index (χ1n) is 18.4. The summed E-state index contributed by atoms with van der Waals surface area (Å²) in [5.74, 6) is 0. The van der Waals surface area contributed by atoms with Crippen molar-refractivity contribution in [1.29, 1.82) is 0 Å². The summed E-state index contributed by atoms with van der Waals surface area (Å²) in [4.78, 5) is 11.0. The van der Waals surface area contributed by atoms with Crippen molar-refractivity contribution in [3.8, 4) is 66.8 Å². The van der Waals surface area contributed by atoms with Crippen LogP contribution in [-0.4, -0.2) is 11.4 Å². The Morgan fingerprint density at radius 3 is 0.696 bits per heavy atom. The summed E-state index contributed by atoms with van der Waals surface area (Å²) >= 11 is 0. The van der Waals surface area contributed by atoms with E-state index in [1.165, 1.54) is 0 Å². The van der Waals surface area contributed by atoms with Gasteiger partial charge in [0.15, 0.2) is 0 Å². The van der Waals surface area contributed by atoms with E-state index in [4.69, 9.17) is 9.98 Å². The summed E-state index contributed by atoms with van der Waals surface area (Å²) in [6.07, 6.45) is 0.